The summed E-state index contributed by atoms with van der Waals surface area (Å²) < 4.78 is 57.8. The fraction of sp³-hybridized carbons (Fsp3) is 0.591. The number of anilines is 3. The SMILES string of the molecule is Nc1ncc(-c2cc(N3CC(N4CCCCC4)C3)nc(N3CCC(F)(F)C3)n2)cc1OC(F)F. The van der Waals surface area contributed by atoms with Crippen LogP contribution in [0, 0.1) is 0 Å². The van der Waals surface area contributed by atoms with Crippen LogP contribution in [0.4, 0.5) is 35.1 Å². The molecule has 2 N–H and O–H groups in total. The number of nitrogens with zero attached hydrogens (tertiary/aromatic N) is 6. The minimum absolute atomic E-state index is 0.131. The van der Waals surface area contributed by atoms with Crippen LogP contribution in [0.2, 0.25) is 0 Å². The maximum absolute atomic E-state index is 13.9. The van der Waals surface area contributed by atoms with E-state index in [9.17, 15) is 17.6 Å². The smallest absolute Gasteiger partial charge is 0.387 e. The highest BCUT2D eigenvalue weighted by molar-refractivity contribution is 5.68. The number of hydrogen-bond acceptors (Lipinski definition) is 8. The van der Waals surface area contributed by atoms with Crippen molar-refractivity contribution in [1.82, 2.24) is 19.9 Å². The fourth-order valence-electron chi connectivity index (χ4n) is 4.72. The Labute approximate surface area is 194 Å². The largest absolute Gasteiger partial charge is 0.431 e. The molecular formula is C22H27F4N7O. The normalized spacial score (nSPS) is 21.2. The molecule has 5 heterocycles. The van der Waals surface area contributed by atoms with Crippen LogP contribution in [0.3, 0.4) is 0 Å². The second-order valence-corrected chi connectivity index (χ2v) is 9.08. The Morgan fingerprint density at radius 2 is 1.79 bits per heavy atom. The Morgan fingerprint density at radius 1 is 1.03 bits per heavy atom. The molecule has 2 aromatic rings. The summed E-state index contributed by atoms with van der Waals surface area (Å²) >= 11 is 0. The quantitative estimate of drug-likeness (QED) is 0.630. The van der Waals surface area contributed by atoms with Crippen LogP contribution in [0.25, 0.3) is 11.3 Å². The number of alkyl halides is 4. The molecule has 0 aliphatic carbocycles. The third-order valence-corrected chi connectivity index (χ3v) is 6.64. The van der Waals surface area contributed by atoms with Crippen molar-refractivity contribution in [3.63, 3.8) is 0 Å². The van der Waals surface area contributed by atoms with Gasteiger partial charge in [0.2, 0.25) is 5.95 Å². The van der Waals surface area contributed by atoms with Crippen LogP contribution in [0.5, 0.6) is 5.75 Å². The van der Waals surface area contributed by atoms with Gasteiger partial charge in [-0.05, 0) is 32.0 Å². The predicted octanol–water partition coefficient (Wildman–Crippen LogP) is 3.24. The second-order valence-electron chi connectivity index (χ2n) is 9.08. The van der Waals surface area contributed by atoms with E-state index in [2.05, 4.69) is 29.5 Å². The van der Waals surface area contributed by atoms with Crippen molar-refractivity contribution in [3.05, 3.63) is 18.3 Å². The Kier molecular flexibility index (Phi) is 6.09. The molecule has 8 nitrogen and oxygen atoms in total. The fourth-order valence-corrected chi connectivity index (χ4v) is 4.72. The first-order chi connectivity index (χ1) is 16.3. The summed E-state index contributed by atoms with van der Waals surface area (Å²) in [6.45, 7) is 0.350. The van der Waals surface area contributed by atoms with Crippen molar-refractivity contribution in [1.29, 1.82) is 0 Å². The zero-order chi connectivity index (χ0) is 23.9. The number of likely N-dealkylation sites (tertiary alicyclic amines) is 1. The molecule has 0 radical (unpaired) electrons. The van der Waals surface area contributed by atoms with E-state index in [1.165, 1.54) is 36.4 Å². The van der Waals surface area contributed by atoms with E-state index in [-0.39, 0.29) is 30.5 Å². The van der Waals surface area contributed by atoms with Gasteiger partial charge >= 0.3 is 6.61 Å². The van der Waals surface area contributed by atoms with Gasteiger partial charge in [0, 0.05) is 49.9 Å². The van der Waals surface area contributed by atoms with Gasteiger partial charge in [0.25, 0.3) is 5.92 Å². The molecule has 0 unspecified atom stereocenters. The summed E-state index contributed by atoms with van der Waals surface area (Å²) in [4.78, 5) is 19.0. The van der Waals surface area contributed by atoms with Gasteiger partial charge in [-0.15, -0.1) is 0 Å². The molecule has 5 rings (SSSR count). The Bertz CT molecular complexity index is 1030. The molecule has 0 bridgehead atoms. The van der Waals surface area contributed by atoms with Crippen LogP contribution in [0.1, 0.15) is 25.7 Å². The van der Waals surface area contributed by atoms with Gasteiger partial charge in [-0.2, -0.15) is 13.8 Å². The van der Waals surface area contributed by atoms with Gasteiger partial charge in [0.15, 0.2) is 11.6 Å². The Morgan fingerprint density at radius 3 is 2.47 bits per heavy atom. The molecule has 3 fully saturated rings. The van der Waals surface area contributed by atoms with E-state index < -0.39 is 19.1 Å². The maximum atomic E-state index is 13.9. The lowest BCUT2D eigenvalue weighted by Gasteiger charge is -2.47. The predicted molar refractivity (Wildman–Crippen MR) is 120 cm³/mol. The summed E-state index contributed by atoms with van der Waals surface area (Å²) in [6.07, 6.45) is 4.80. The first kappa shape index (κ1) is 22.9. The molecule has 0 aromatic carbocycles. The van der Waals surface area contributed by atoms with Crippen molar-refractivity contribution in [3.8, 4) is 17.0 Å². The van der Waals surface area contributed by atoms with Crippen molar-refractivity contribution in [2.24, 2.45) is 0 Å². The van der Waals surface area contributed by atoms with Gasteiger partial charge in [-0.3, -0.25) is 4.90 Å². The standard InChI is InChI=1S/C22H27F4N7O/c23-20(24)34-17-8-14(10-28-19(17)27)16-9-18(30-21(29-16)32-7-4-22(25,26)13-32)33-11-15(12-33)31-5-2-1-3-6-31/h8-10,15,20H,1-7,11-13H2,(H2,27,28). The summed E-state index contributed by atoms with van der Waals surface area (Å²) in [5, 5.41) is 0. The molecule has 2 aromatic heterocycles. The van der Waals surface area contributed by atoms with E-state index in [4.69, 9.17) is 5.73 Å². The van der Waals surface area contributed by atoms with Gasteiger partial charge in [-0.25, -0.2) is 18.7 Å². The van der Waals surface area contributed by atoms with Crippen LogP contribution in [-0.4, -0.2) is 77.7 Å². The first-order valence-corrected chi connectivity index (χ1v) is 11.5. The van der Waals surface area contributed by atoms with Crippen LogP contribution < -0.4 is 20.3 Å². The average molecular weight is 481 g/mol. The van der Waals surface area contributed by atoms with Crippen molar-refractivity contribution in [2.45, 2.75) is 44.3 Å². The number of aromatic nitrogens is 3. The lowest BCUT2D eigenvalue weighted by molar-refractivity contribution is -0.0494. The third kappa shape index (κ3) is 4.82. The van der Waals surface area contributed by atoms with Crippen molar-refractivity contribution >= 4 is 17.6 Å². The number of piperidine rings is 1. The maximum Gasteiger partial charge on any atom is 0.387 e. The van der Waals surface area contributed by atoms with Gasteiger partial charge < -0.3 is 20.3 Å². The van der Waals surface area contributed by atoms with Crippen LogP contribution >= 0.6 is 0 Å². The molecule has 0 atom stereocenters. The summed E-state index contributed by atoms with van der Waals surface area (Å²) in [6, 6.07) is 3.49. The summed E-state index contributed by atoms with van der Waals surface area (Å²) in [5.41, 5.74) is 6.42. The van der Waals surface area contributed by atoms with E-state index in [1.54, 1.807) is 6.07 Å². The number of pyridine rings is 1. The lowest BCUT2D eigenvalue weighted by atomic mass is 10.0. The topological polar surface area (TPSA) is 83.6 Å². The summed E-state index contributed by atoms with van der Waals surface area (Å²) in [5.74, 6) is -2.46. The molecule has 0 amide bonds. The zero-order valence-corrected chi connectivity index (χ0v) is 18.6. The zero-order valence-electron chi connectivity index (χ0n) is 18.6. The number of nitrogens with two attached hydrogens (primary N) is 1. The molecule has 0 saturated carbocycles. The molecular weight excluding hydrogens is 454 g/mol. The molecule has 0 spiro atoms. The number of halogens is 4. The van der Waals surface area contributed by atoms with Gasteiger partial charge in [0.05, 0.1) is 12.2 Å². The average Bonchev–Trinajstić information content (AvgIpc) is 3.14. The minimum atomic E-state index is -3.06. The molecule has 3 saturated heterocycles. The summed E-state index contributed by atoms with van der Waals surface area (Å²) in [7, 11) is 0. The highest BCUT2D eigenvalue weighted by Crippen LogP contribution is 2.35. The Hall–Kier alpha value is -2.89. The highest BCUT2D eigenvalue weighted by atomic mass is 19.3. The van der Waals surface area contributed by atoms with Gasteiger partial charge in [0.1, 0.15) is 5.82 Å². The molecule has 12 heteroatoms. The number of ether oxygens (including phenoxy) is 1. The molecule has 184 valence electrons. The minimum Gasteiger partial charge on any atom is -0.431 e. The first-order valence-electron chi connectivity index (χ1n) is 11.5. The lowest BCUT2D eigenvalue weighted by Crippen LogP contribution is -2.60. The third-order valence-electron chi connectivity index (χ3n) is 6.64. The molecule has 3 aliphatic rings. The second kappa shape index (κ2) is 9.05. The monoisotopic (exact) mass is 481 g/mol. The Balaban J connectivity index is 1.44. The van der Waals surface area contributed by atoms with E-state index >= 15 is 0 Å². The van der Waals surface area contributed by atoms with Crippen LogP contribution in [-0.2, 0) is 0 Å². The van der Waals surface area contributed by atoms with Crippen molar-refractivity contribution < 1.29 is 22.3 Å². The molecule has 34 heavy (non-hydrogen) atoms. The molecule has 3 aliphatic heterocycles. The van der Waals surface area contributed by atoms with E-state index in [0.717, 1.165) is 26.2 Å². The van der Waals surface area contributed by atoms with Crippen LogP contribution in [0.15, 0.2) is 18.3 Å². The highest BCUT2D eigenvalue weighted by Gasteiger charge is 2.40. The van der Waals surface area contributed by atoms with E-state index in [1.807, 2.05) is 0 Å². The van der Waals surface area contributed by atoms with Crippen molar-refractivity contribution in [2.75, 3.05) is 54.8 Å². The van der Waals surface area contributed by atoms with Gasteiger partial charge in [-0.1, -0.05) is 6.42 Å². The number of rotatable bonds is 6. The van der Waals surface area contributed by atoms with E-state index in [0.29, 0.717) is 23.1 Å². The number of hydrogen-bond donors (Lipinski definition) is 1. The number of nitrogen functional groups attached to an aromatic ring is 1.